The molecule has 1 aromatic carbocycles. The Morgan fingerprint density at radius 3 is 2.62 bits per heavy atom. The van der Waals surface area contributed by atoms with Gasteiger partial charge in [0.05, 0.1) is 12.2 Å². The van der Waals surface area contributed by atoms with Crippen molar-refractivity contribution in [2.45, 2.75) is 33.2 Å². The van der Waals surface area contributed by atoms with Gasteiger partial charge in [-0.25, -0.2) is 4.68 Å². The maximum absolute atomic E-state index is 12.7. The molecule has 0 spiro atoms. The fraction of sp³-hybridized carbons (Fsp3) is 0.438. The van der Waals surface area contributed by atoms with E-state index in [-0.39, 0.29) is 23.9 Å². The number of nitrogens with zero attached hydrogens (tertiary/aromatic N) is 5. The first-order chi connectivity index (χ1) is 11.3. The monoisotopic (exact) mass is 330 g/mol. The second-order valence-corrected chi connectivity index (χ2v) is 6.42. The van der Waals surface area contributed by atoms with E-state index >= 15 is 0 Å². The van der Waals surface area contributed by atoms with Crippen molar-refractivity contribution in [3.8, 4) is 5.69 Å². The van der Waals surface area contributed by atoms with Gasteiger partial charge in [0.2, 0.25) is 5.91 Å². The van der Waals surface area contributed by atoms with Crippen LogP contribution in [0.3, 0.4) is 0 Å². The van der Waals surface area contributed by atoms with Crippen molar-refractivity contribution in [2.75, 3.05) is 13.1 Å². The Hall–Kier alpha value is -2.77. The van der Waals surface area contributed by atoms with Crippen molar-refractivity contribution in [3.63, 3.8) is 0 Å². The summed E-state index contributed by atoms with van der Waals surface area (Å²) in [6.45, 7) is 8.00. The van der Waals surface area contributed by atoms with Gasteiger partial charge in [0.15, 0.2) is 0 Å². The molecule has 1 aromatic heterocycles. The number of aromatic nitrogens is 4. The normalized spacial score (nSPS) is 11.2. The first-order valence-electron chi connectivity index (χ1n) is 7.74. The number of amides is 2. The molecule has 2 rings (SSSR count). The van der Waals surface area contributed by atoms with E-state index in [1.807, 2.05) is 27.7 Å². The quantitative estimate of drug-likeness (QED) is 0.884. The summed E-state index contributed by atoms with van der Waals surface area (Å²) >= 11 is 0. The molecule has 0 aliphatic carbocycles. The van der Waals surface area contributed by atoms with Crippen LogP contribution in [0.5, 0.6) is 0 Å². The van der Waals surface area contributed by atoms with E-state index in [4.69, 9.17) is 0 Å². The maximum Gasteiger partial charge on any atom is 0.254 e. The maximum atomic E-state index is 12.7. The van der Waals surface area contributed by atoms with Crippen LogP contribution in [0.1, 0.15) is 38.1 Å². The lowest BCUT2D eigenvalue weighted by molar-refractivity contribution is -0.123. The minimum absolute atomic E-state index is 0.0156. The summed E-state index contributed by atoms with van der Waals surface area (Å²) in [6.07, 6.45) is 1.46. The van der Waals surface area contributed by atoms with Crippen LogP contribution in [-0.2, 0) is 4.79 Å². The van der Waals surface area contributed by atoms with Crippen LogP contribution < -0.4 is 5.32 Å². The third-order valence-corrected chi connectivity index (χ3v) is 3.22. The zero-order valence-corrected chi connectivity index (χ0v) is 14.4. The molecule has 8 heteroatoms. The number of rotatable bonds is 5. The standard InChI is InChI=1S/C16H22N6O2/c1-5-21(10-14(23)18-16(2,3)4)15(24)12-7-6-8-13(9-12)22-11-17-19-20-22/h6-9,11H,5,10H2,1-4H3,(H,18,23). The SMILES string of the molecule is CCN(CC(=O)NC(C)(C)C)C(=O)c1cccc(-n2cnnn2)c1. The first kappa shape index (κ1) is 17.6. The molecule has 0 atom stereocenters. The highest BCUT2D eigenvalue weighted by Crippen LogP contribution is 2.11. The van der Waals surface area contributed by atoms with E-state index in [1.165, 1.54) is 15.9 Å². The highest BCUT2D eigenvalue weighted by molar-refractivity contribution is 5.97. The van der Waals surface area contributed by atoms with Gasteiger partial charge in [-0.2, -0.15) is 0 Å². The lowest BCUT2D eigenvalue weighted by Gasteiger charge is -2.25. The number of nitrogens with one attached hydrogen (secondary N) is 1. The van der Waals surface area contributed by atoms with Crippen molar-refractivity contribution < 1.29 is 9.59 Å². The Bertz CT molecular complexity index is 706. The summed E-state index contributed by atoms with van der Waals surface area (Å²) in [4.78, 5) is 26.3. The molecule has 0 aliphatic heterocycles. The number of hydrogen-bond acceptors (Lipinski definition) is 5. The smallest absolute Gasteiger partial charge is 0.254 e. The Morgan fingerprint density at radius 1 is 1.29 bits per heavy atom. The third kappa shape index (κ3) is 4.61. The second-order valence-electron chi connectivity index (χ2n) is 6.42. The predicted molar refractivity (Wildman–Crippen MR) is 88.6 cm³/mol. The van der Waals surface area contributed by atoms with Gasteiger partial charge in [-0.15, -0.1) is 5.10 Å². The average Bonchev–Trinajstić information content (AvgIpc) is 3.05. The lowest BCUT2D eigenvalue weighted by atomic mass is 10.1. The third-order valence-electron chi connectivity index (χ3n) is 3.22. The number of likely N-dealkylation sites (N-methyl/N-ethyl adjacent to an activating group) is 1. The Kier molecular flexibility index (Phi) is 5.28. The van der Waals surface area contributed by atoms with Gasteiger partial charge in [0.25, 0.3) is 5.91 Å². The summed E-state index contributed by atoms with van der Waals surface area (Å²) in [5.41, 5.74) is 0.828. The van der Waals surface area contributed by atoms with Crippen LogP contribution in [0.25, 0.3) is 5.69 Å². The second kappa shape index (κ2) is 7.20. The first-order valence-corrected chi connectivity index (χ1v) is 7.74. The fourth-order valence-corrected chi connectivity index (χ4v) is 2.20. The zero-order valence-electron chi connectivity index (χ0n) is 14.4. The molecule has 8 nitrogen and oxygen atoms in total. The van der Waals surface area contributed by atoms with Crippen molar-refractivity contribution in [2.24, 2.45) is 0 Å². The molecule has 0 saturated heterocycles. The van der Waals surface area contributed by atoms with Gasteiger partial charge in [-0.3, -0.25) is 9.59 Å². The number of carbonyl (C=O) groups excluding carboxylic acids is 2. The summed E-state index contributed by atoms with van der Waals surface area (Å²) in [5.74, 6) is -0.397. The van der Waals surface area contributed by atoms with Crippen molar-refractivity contribution in [1.82, 2.24) is 30.4 Å². The fourth-order valence-electron chi connectivity index (χ4n) is 2.20. The lowest BCUT2D eigenvalue weighted by Crippen LogP contribution is -2.47. The van der Waals surface area contributed by atoms with E-state index in [0.717, 1.165) is 0 Å². The number of benzene rings is 1. The molecular formula is C16H22N6O2. The molecular weight excluding hydrogens is 308 g/mol. The van der Waals surface area contributed by atoms with Gasteiger partial charge < -0.3 is 10.2 Å². The summed E-state index contributed by atoms with van der Waals surface area (Å²) in [5, 5.41) is 13.8. The summed E-state index contributed by atoms with van der Waals surface area (Å²) < 4.78 is 1.47. The molecule has 0 saturated carbocycles. The van der Waals surface area contributed by atoms with Gasteiger partial charge >= 0.3 is 0 Å². The molecule has 0 radical (unpaired) electrons. The van der Waals surface area contributed by atoms with Gasteiger partial charge in [-0.05, 0) is 56.3 Å². The molecule has 128 valence electrons. The van der Waals surface area contributed by atoms with E-state index in [9.17, 15) is 9.59 Å². The Balaban J connectivity index is 2.14. The molecule has 0 aliphatic rings. The van der Waals surface area contributed by atoms with Crippen LogP contribution in [0, 0.1) is 0 Å². The van der Waals surface area contributed by atoms with Gasteiger partial charge in [0.1, 0.15) is 6.33 Å². The van der Waals surface area contributed by atoms with E-state index in [1.54, 1.807) is 24.3 Å². The number of hydrogen-bond donors (Lipinski definition) is 1. The molecule has 2 aromatic rings. The molecule has 0 fully saturated rings. The summed E-state index contributed by atoms with van der Waals surface area (Å²) in [7, 11) is 0. The predicted octanol–water partition coefficient (Wildman–Crippen LogP) is 1.04. The van der Waals surface area contributed by atoms with E-state index in [0.29, 0.717) is 17.8 Å². The number of carbonyl (C=O) groups is 2. The zero-order chi connectivity index (χ0) is 17.7. The highest BCUT2D eigenvalue weighted by atomic mass is 16.2. The van der Waals surface area contributed by atoms with Crippen LogP contribution >= 0.6 is 0 Å². The van der Waals surface area contributed by atoms with Gasteiger partial charge in [0, 0.05) is 17.6 Å². The largest absolute Gasteiger partial charge is 0.350 e. The van der Waals surface area contributed by atoms with Crippen LogP contribution in [0.2, 0.25) is 0 Å². The average molecular weight is 330 g/mol. The van der Waals surface area contributed by atoms with E-state index < -0.39 is 0 Å². The van der Waals surface area contributed by atoms with Gasteiger partial charge in [-0.1, -0.05) is 6.07 Å². The topological polar surface area (TPSA) is 93.0 Å². The number of tetrazole rings is 1. The minimum atomic E-state index is -0.334. The van der Waals surface area contributed by atoms with Crippen LogP contribution in [0.15, 0.2) is 30.6 Å². The van der Waals surface area contributed by atoms with Crippen molar-refractivity contribution >= 4 is 11.8 Å². The van der Waals surface area contributed by atoms with E-state index in [2.05, 4.69) is 20.8 Å². The molecule has 24 heavy (non-hydrogen) atoms. The molecule has 1 heterocycles. The highest BCUT2D eigenvalue weighted by Gasteiger charge is 2.20. The van der Waals surface area contributed by atoms with Crippen molar-refractivity contribution in [1.29, 1.82) is 0 Å². The van der Waals surface area contributed by atoms with Crippen molar-refractivity contribution in [3.05, 3.63) is 36.2 Å². The van der Waals surface area contributed by atoms with Crippen LogP contribution in [-0.4, -0.2) is 55.5 Å². The van der Waals surface area contributed by atoms with Crippen LogP contribution in [0.4, 0.5) is 0 Å². The summed E-state index contributed by atoms with van der Waals surface area (Å²) in [6, 6.07) is 6.96. The minimum Gasteiger partial charge on any atom is -0.350 e. The molecule has 0 bridgehead atoms. The molecule has 1 N–H and O–H groups in total. The Morgan fingerprint density at radius 2 is 2.04 bits per heavy atom. The molecule has 0 unspecified atom stereocenters. The molecule has 2 amide bonds. The Labute approximate surface area is 140 Å².